The summed E-state index contributed by atoms with van der Waals surface area (Å²) in [6.45, 7) is 8.38. The van der Waals surface area contributed by atoms with Crippen LogP contribution in [0.2, 0.25) is 0 Å². The molecule has 0 radical (unpaired) electrons. The summed E-state index contributed by atoms with van der Waals surface area (Å²) in [5, 5.41) is 8.86. The second-order valence-corrected chi connectivity index (χ2v) is 8.43. The van der Waals surface area contributed by atoms with Crippen LogP contribution in [-0.2, 0) is 17.6 Å². The predicted molar refractivity (Wildman–Crippen MR) is 116 cm³/mol. The van der Waals surface area contributed by atoms with Crippen molar-refractivity contribution in [3.63, 3.8) is 0 Å². The molecule has 1 aliphatic carbocycles. The number of amides is 1. The van der Waals surface area contributed by atoms with E-state index in [0.29, 0.717) is 12.8 Å². The van der Waals surface area contributed by atoms with E-state index in [-0.39, 0.29) is 18.0 Å². The van der Waals surface area contributed by atoms with E-state index in [1.807, 2.05) is 17.8 Å². The minimum Gasteiger partial charge on any atom is -0.349 e. The molecular weight excluding hydrogens is 360 g/mol. The Bertz CT molecular complexity index is 1050. The van der Waals surface area contributed by atoms with E-state index in [2.05, 4.69) is 55.5 Å². The number of nitrogens with zero attached hydrogens (tertiary/aromatic N) is 3. The van der Waals surface area contributed by atoms with Crippen molar-refractivity contribution < 1.29 is 4.79 Å². The number of carbonyl (C=O) groups is 1. The Morgan fingerprint density at radius 2 is 2.07 bits per heavy atom. The summed E-state index contributed by atoms with van der Waals surface area (Å²) in [5.74, 6) is 0.114. The van der Waals surface area contributed by atoms with Gasteiger partial charge < -0.3 is 5.32 Å². The van der Waals surface area contributed by atoms with Gasteiger partial charge in [-0.3, -0.25) is 4.79 Å². The van der Waals surface area contributed by atoms with Gasteiger partial charge in [0.2, 0.25) is 5.91 Å². The molecule has 1 N–H and O–H groups in total. The number of hydrogen-bond donors (Lipinski definition) is 1. The van der Waals surface area contributed by atoms with Gasteiger partial charge in [-0.2, -0.15) is 5.10 Å². The standard InChI is InChI=1S/C24H30N4O/c1-15(2)28-24-21(14-25-28)16(3)19(17(4)26-24)12-13-23(29)27-22-11-7-9-18-8-5-6-10-20(18)22/h5-6,8,10,14-15,22H,7,9,11-13H2,1-4H3,(H,27,29). The van der Waals surface area contributed by atoms with E-state index >= 15 is 0 Å². The number of hydrogen-bond acceptors (Lipinski definition) is 3. The van der Waals surface area contributed by atoms with E-state index in [1.54, 1.807) is 0 Å². The molecule has 0 fully saturated rings. The highest BCUT2D eigenvalue weighted by Gasteiger charge is 2.22. The van der Waals surface area contributed by atoms with Gasteiger partial charge in [-0.1, -0.05) is 24.3 Å². The van der Waals surface area contributed by atoms with Crippen molar-refractivity contribution in [1.29, 1.82) is 0 Å². The first-order valence-electron chi connectivity index (χ1n) is 10.7. The molecule has 1 unspecified atom stereocenters. The summed E-state index contributed by atoms with van der Waals surface area (Å²) >= 11 is 0. The number of benzene rings is 1. The zero-order valence-corrected chi connectivity index (χ0v) is 17.8. The van der Waals surface area contributed by atoms with Gasteiger partial charge in [0.05, 0.1) is 12.2 Å². The summed E-state index contributed by atoms with van der Waals surface area (Å²) in [4.78, 5) is 17.5. The normalized spacial score (nSPS) is 16.2. The van der Waals surface area contributed by atoms with Crippen molar-refractivity contribution >= 4 is 16.9 Å². The van der Waals surface area contributed by atoms with Crippen LogP contribution in [0.15, 0.2) is 30.5 Å². The Morgan fingerprint density at radius 1 is 1.28 bits per heavy atom. The van der Waals surface area contributed by atoms with Gasteiger partial charge in [0.25, 0.3) is 0 Å². The predicted octanol–water partition coefficient (Wildman–Crippen LogP) is 4.76. The first kappa shape index (κ1) is 19.6. The van der Waals surface area contributed by atoms with Crippen LogP contribution in [0.4, 0.5) is 0 Å². The Kier molecular flexibility index (Phi) is 5.39. The molecule has 0 bridgehead atoms. The van der Waals surface area contributed by atoms with Crippen molar-refractivity contribution in [3.8, 4) is 0 Å². The van der Waals surface area contributed by atoms with Crippen LogP contribution in [0.1, 0.15) is 73.1 Å². The molecular formula is C24H30N4O. The van der Waals surface area contributed by atoms with E-state index in [4.69, 9.17) is 4.98 Å². The number of carbonyl (C=O) groups excluding carboxylic acids is 1. The number of nitrogens with one attached hydrogen (secondary N) is 1. The third kappa shape index (κ3) is 3.78. The number of aryl methyl sites for hydroxylation is 3. The SMILES string of the molecule is Cc1nc2c(cnn2C(C)C)c(C)c1CCC(=O)NC1CCCc2ccccc21. The quantitative estimate of drug-likeness (QED) is 0.683. The molecule has 29 heavy (non-hydrogen) atoms. The molecule has 152 valence electrons. The van der Waals surface area contributed by atoms with Gasteiger partial charge in [-0.25, -0.2) is 9.67 Å². The van der Waals surface area contributed by atoms with Crippen molar-refractivity contribution in [2.45, 2.75) is 71.9 Å². The lowest BCUT2D eigenvalue weighted by Crippen LogP contribution is -2.31. The largest absolute Gasteiger partial charge is 0.349 e. The minimum absolute atomic E-state index is 0.114. The molecule has 0 aliphatic heterocycles. The lowest BCUT2D eigenvalue weighted by Gasteiger charge is -2.26. The average molecular weight is 391 g/mol. The Morgan fingerprint density at radius 3 is 2.86 bits per heavy atom. The molecule has 4 rings (SSSR count). The molecule has 0 saturated heterocycles. The van der Waals surface area contributed by atoms with E-state index in [9.17, 15) is 4.79 Å². The molecule has 5 heteroatoms. The van der Waals surface area contributed by atoms with Crippen molar-refractivity contribution in [2.75, 3.05) is 0 Å². The summed E-state index contributed by atoms with van der Waals surface area (Å²) in [6.07, 6.45) is 6.33. The lowest BCUT2D eigenvalue weighted by atomic mass is 9.87. The van der Waals surface area contributed by atoms with Crippen molar-refractivity contribution in [2.24, 2.45) is 0 Å². The third-order valence-electron chi connectivity index (χ3n) is 6.13. The highest BCUT2D eigenvalue weighted by molar-refractivity contribution is 5.81. The Labute approximate surface area is 172 Å². The fourth-order valence-electron chi connectivity index (χ4n) is 4.55. The molecule has 5 nitrogen and oxygen atoms in total. The highest BCUT2D eigenvalue weighted by Crippen LogP contribution is 2.30. The van der Waals surface area contributed by atoms with E-state index < -0.39 is 0 Å². The molecule has 2 aromatic heterocycles. The van der Waals surface area contributed by atoms with Crippen LogP contribution in [0.5, 0.6) is 0 Å². The summed E-state index contributed by atoms with van der Waals surface area (Å²) in [6, 6.07) is 8.89. The van der Waals surface area contributed by atoms with E-state index in [1.165, 1.54) is 22.3 Å². The first-order chi connectivity index (χ1) is 14.0. The Balaban J connectivity index is 1.48. The van der Waals surface area contributed by atoms with Crippen LogP contribution >= 0.6 is 0 Å². The molecule has 1 atom stereocenters. The maximum atomic E-state index is 12.7. The minimum atomic E-state index is 0.114. The topological polar surface area (TPSA) is 59.8 Å². The Hall–Kier alpha value is -2.69. The number of rotatable bonds is 5. The van der Waals surface area contributed by atoms with Crippen LogP contribution in [0, 0.1) is 13.8 Å². The molecule has 2 heterocycles. The lowest BCUT2D eigenvalue weighted by molar-refractivity contribution is -0.121. The van der Waals surface area contributed by atoms with Gasteiger partial charge >= 0.3 is 0 Å². The van der Waals surface area contributed by atoms with Crippen LogP contribution < -0.4 is 5.32 Å². The molecule has 0 saturated carbocycles. The average Bonchev–Trinajstić information content (AvgIpc) is 3.12. The zero-order chi connectivity index (χ0) is 20.5. The molecule has 3 aromatic rings. The molecule has 1 amide bonds. The zero-order valence-electron chi connectivity index (χ0n) is 17.8. The van der Waals surface area contributed by atoms with Crippen LogP contribution in [-0.4, -0.2) is 20.7 Å². The fraction of sp³-hybridized carbons (Fsp3) is 0.458. The van der Waals surface area contributed by atoms with Gasteiger partial charge in [0.1, 0.15) is 0 Å². The first-order valence-corrected chi connectivity index (χ1v) is 10.7. The van der Waals surface area contributed by atoms with Crippen LogP contribution in [0.25, 0.3) is 11.0 Å². The summed E-state index contributed by atoms with van der Waals surface area (Å²) in [7, 11) is 0. The van der Waals surface area contributed by atoms with Crippen molar-refractivity contribution in [3.05, 3.63) is 58.4 Å². The molecule has 1 aliphatic rings. The monoisotopic (exact) mass is 390 g/mol. The van der Waals surface area contributed by atoms with Gasteiger partial charge in [0.15, 0.2) is 5.65 Å². The van der Waals surface area contributed by atoms with Gasteiger partial charge in [0, 0.05) is 23.5 Å². The second kappa shape index (κ2) is 7.97. The van der Waals surface area contributed by atoms with Gasteiger partial charge in [-0.15, -0.1) is 0 Å². The second-order valence-electron chi connectivity index (χ2n) is 8.43. The van der Waals surface area contributed by atoms with Crippen LogP contribution in [0.3, 0.4) is 0 Å². The maximum Gasteiger partial charge on any atom is 0.220 e. The molecule has 1 aromatic carbocycles. The maximum absolute atomic E-state index is 12.7. The van der Waals surface area contributed by atoms with Gasteiger partial charge in [-0.05, 0) is 75.6 Å². The summed E-state index contributed by atoms with van der Waals surface area (Å²) in [5.41, 5.74) is 6.93. The highest BCUT2D eigenvalue weighted by atomic mass is 16.1. The number of aromatic nitrogens is 3. The third-order valence-corrected chi connectivity index (χ3v) is 6.13. The fourth-order valence-corrected chi connectivity index (χ4v) is 4.55. The van der Waals surface area contributed by atoms with Crippen molar-refractivity contribution in [1.82, 2.24) is 20.1 Å². The van der Waals surface area contributed by atoms with E-state index in [0.717, 1.165) is 36.0 Å². The summed E-state index contributed by atoms with van der Waals surface area (Å²) < 4.78 is 1.96. The number of pyridine rings is 1. The molecule has 0 spiro atoms. The smallest absolute Gasteiger partial charge is 0.220 e. The number of fused-ring (bicyclic) bond motifs is 2.